The minimum Gasteiger partial charge on any atom is -0.481 e. The minimum atomic E-state index is -0.835. The molecule has 3 amide bonds. The maximum absolute atomic E-state index is 11.3. The van der Waals surface area contributed by atoms with Crippen LogP contribution in [-0.2, 0) is 9.59 Å². The molecule has 0 spiro atoms. The Balaban J connectivity index is 3.51. The molecule has 0 radical (unpaired) electrons. The lowest BCUT2D eigenvalue weighted by Gasteiger charge is -2.12. The van der Waals surface area contributed by atoms with Gasteiger partial charge in [0.1, 0.15) is 0 Å². The summed E-state index contributed by atoms with van der Waals surface area (Å²) in [7, 11) is 0. The standard InChI is InChI=1S/C11H21N3O4/c1-8(4-5-10(16)17)7-14-11(18)13-6-2-3-9(12)15/h8H,2-7H2,1H3,(H2,12,15)(H,16,17)(H2,13,14,18). The highest BCUT2D eigenvalue weighted by Crippen LogP contribution is 2.03. The average Bonchev–Trinajstić information content (AvgIpc) is 2.29. The monoisotopic (exact) mass is 259 g/mol. The summed E-state index contributed by atoms with van der Waals surface area (Å²) in [5.74, 6) is -1.12. The van der Waals surface area contributed by atoms with E-state index in [1.165, 1.54) is 0 Å². The summed E-state index contributed by atoms with van der Waals surface area (Å²) < 4.78 is 0. The lowest BCUT2D eigenvalue weighted by Crippen LogP contribution is -2.38. The van der Waals surface area contributed by atoms with Crippen LogP contribution in [0.15, 0.2) is 0 Å². The second-order valence-electron chi connectivity index (χ2n) is 4.24. The smallest absolute Gasteiger partial charge is 0.314 e. The van der Waals surface area contributed by atoms with Crippen molar-refractivity contribution in [3.63, 3.8) is 0 Å². The summed E-state index contributed by atoms with van der Waals surface area (Å²) in [4.78, 5) is 32.0. The molecule has 0 aromatic carbocycles. The highest BCUT2D eigenvalue weighted by molar-refractivity contribution is 5.75. The molecule has 0 aliphatic rings. The molecule has 0 aliphatic carbocycles. The third-order valence-corrected chi connectivity index (χ3v) is 2.35. The molecular weight excluding hydrogens is 238 g/mol. The minimum absolute atomic E-state index is 0.100. The van der Waals surface area contributed by atoms with Gasteiger partial charge in [0.2, 0.25) is 5.91 Å². The Bertz CT molecular complexity index is 294. The molecule has 18 heavy (non-hydrogen) atoms. The van der Waals surface area contributed by atoms with Crippen molar-refractivity contribution < 1.29 is 19.5 Å². The second-order valence-corrected chi connectivity index (χ2v) is 4.24. The van der Waals surface area contributed by atoms with Crippen LogP contribution in [0, 0.1) is 5.92 Å². The van der Waals surface area contributed by atoms with E-state index in [2.05, 4.69) is 10.6 Å². The molecule has 0 heterocycles. The van der Waals surface area contributed by atoms with E-state index < -0.39 is 5.97 Å². The molecular formula is C11H21N3O4. The number of carbonyl (C=O) groups excluding carboxylic acids is 2. The molecule has 0 bridgehead atoms. The molecule has 0 fully saturated rings. The van der Waals surface area contributed by atoms with Gasteiger partial charge < -0.3 is 21.5 Å². The molecule has 5 N–H and O–H groups in total. The SMILES string of the molecule is CC(CCC(=O)O)CNC(=O)NCCCC(N)=O. The number of carboxylic acids is 1. The Morgan fingerprint density at radius 1 is 1.22 bits per heavy atom. The highest BCUT2D eigenvalue weighted by Gasteiger charge is 2.07. The van der Waals surface area contributed by atoms with Crippen molar-refractivity contribution in [2.75, 3.05) is 13.1 Å². The lowest BCUT2D eigenvalue weighted by atomic mass is 10.1. The Kier molecular flexibility index (Phi) is 8.34. The van der Waals surface area contributed by atoms with Gasteiger partial charge in [-0.25, -0.2) is 4.79 Å². The van der Waals surface area contributed by atoms with Gasteiger partial charge in [-0.3, -0.25) is 9.59 Å². The topological polar surface area (TPSA) is 122 Å². The number of urea groups is 1. The zero-order chi connectivity index (χ0) is 14.0. The summed E-state index contributed by atoms with van der Waals surface area (Å²) in [5, 5.41) is 13.7. The van der Waals surface area contributed by atoms with E-state index in [9.17, 15) is 14.4 Å². The van der Waals surface area contributed by atoms with E-state index in [4.69, 9.17) is 10.8 Å². The van der Waals surface area contributed by atoms with Crippen LogP contribution in [0.3, 0.4) is 0 Å². The van der Waals surface area contributed by atoms with Gasteiger partial charge >= 0.3 is 12.0 Å². The molecule has 1 unspecified atom stereocenters. The largest absolute Gasteiger partial charge is 0.481 e. The molecule has 1 atom stereocenters. The quantitative estimate of drug-likeness (QED) is 0.437. The molecule has 0 aliphatic heterocycles. The van der Waals surface area contributed by atoms with E-state index in [-0.39, 0.29) is 30.7 Å². The van der Waals surface area contributed by atoms with Crippen LogP contribution in [0.5, 0.6) is 0 Å². The normalized spacial score (nSPS) is 11.6. The van der Waals surface area contributed by atoms with Crippen molar-refractivity contribution in [2.24, 2.45) is 11.7 Å². The number of hydrogen-bond donors (Lipinski definition) is 4. The molecule has 7 heteroatoms. The number of carbonyl (C=O) groups is 3. The summed E-state index contributed by atoms with van der Waals surface area (Å²) in [6.07, 6.45) is 1.38. The number of nitrogens with one attached hydrogen (secondary N) is 2. The molecule has 7 nitrogen and oxygen atoms in total. The number of nitrogens with two attached hydrogens (primary N) is 1. The van der Waals surface area contributed by atoms with E-state index in [0.29, 0.717) is 25.9 Å². The Hall–Kier alpha value is -1.79. The first-order chi connectivity index (χ1) is 8.41. The van der Waals surface area contributed by atoms with E-state index in [1.54, 1.807) is 0 Å². The van der Waals surface area contributed by atoms with Gasteiger partial charge in [0.05, 0.1) is 0 Å². The molecule has 0 aromatic rings. The summed E-state index contributed by atoms with van der Waals surface area (Å²) in [6, 6.07) is -0.318. The number of rotatable bonds is 9. The van der Waals surface area contributed by atoms with Crippen LogP contribution < -0.4 is 16.4 Å². The van der Waals surface area contributed by atoms with Gasteiger partial charge in [-0.2, -0.15) is 0 Å². The van der Waals surface area contributed by atoms with Crippen LogP contribution >= 0.6 is 0 Å². The fraction of sp³-hybridized carbons (Fsp3) is 0.727. The van der Waals surface area contributed by atoms with Crippen molar-refractivity contribution in [1.82, 2.24) is 10.6 Å². The summed E-state index contributed by atoms with van der Waals surface area (Å²) in [6.45, 7) is 2.68. The maximum Gasteiger partial charge on any atom is 0.314 e. The molecule has 0 saturated heterocycles. The second kappa shape index (κ2) is 9.26. The maximum atomic E-state index is 11.3. The van der Waals surface area contributed by atoms with Crippen molar-refractivity contribution >= 4 is 17.9 Å². The fourth-order valence-corrected chi connectivity index (χ4v) is 1.27. The Labute approximate surface area is 106 Å². The van der Waals surface area contributed by atoms with Crippen LogP contribution in [-0.4, -0.2) is 36.1 Å². The average molecular weight is 259 g/mol. The van der Waals surface area contributed by atoms with E-state index in [0.717, 1.165) is 0 Å². The summed E-state index contributed by atoms with van der Waals surface area (Å²) >= 11 is 0. The molecule has 0 saturated carbocycles. The number of amides is 3. The molecule has 104 valence electrons. The number of carboxylic acid groups (broad SMARTS) is 1. The first-order valence-electron chi connectivity index (χ1n) is 5.93. The highest BCUT2D eigenvalue weighted by atomic mass is 16.4. The van der Waals surface area contributed by atoms with Gasteiger partial charge in [-0.1, -0.05) is 6.92 Å². The van der Waals surface area contributed by atoms with Gasteiger partial charge in [0.25, 0.3) is 0 Å². The third-order valence-electron chi connectivity index (χ3n) is 2.35. The third kappa shape index (κ3) is 10.7. The first-order valence-corrected chi connectivity index (χ1v) is 5.93. The van der Waals surface area contributed by atoms with E-state index in [1.807, 2.05) is 6.92 Å². The van der Waals surface area contributed by atoms with Crippen LogP contribution in [0.25, 0.3) is 0 Å². The fourth-order valence-electron chi connectivity index (χ4n) is 1.27. The predicted molar refractivity (Wildman–Crippen MR) is 65.9 cm³/mol. The zero-order valence-corrected chi connectivity index (χ0v) is 10.6. The Morgan fingerprint density at radius 2 is 1.89 bits per heavy atom. The van der Waals surface area contributed by atoms with Crippen LogP contribution in [0.2, 0.25) is 0 Å². The van der Waals surface area contributed by atoms with Crippen molar-refractivity contribution in [3.8, 4) is 0 Å². The van der Waals surface area contributed by atoms with E-state index >= 15 is 0 Å². The van der Waals surface area contributed by atoms with Crippen molar-refractivity contribution in [2.45, 2.75) is 32.6 Å². The summed E-state index contributed by atoms with van der Waals surface area (Å²) in [5.41, 5.74) is 4.95. The van der Waals surface area contributed by atoms with Gasteiger partial charge in [-0.15, -0.1) is 0 Å². The molecule has 0 rings (SSSR count). The first kappa shape index (κ1) is 16.2. The van der Waals surface area contributed by atoms with Gasteiger partial charge in [-0.05, 0) is 18.8 Å². The van der Waals surface area contributed by atoms with Crippen LogP contribution in [0.1, 0.15) is 32.6 Å². The number of primary amides is 1. The van der Waals surface area contributed by atoms with Crippen molar-refractivity contribution in [3.05, 3.63) is 0 Å². The van der Waals surface area contributed by atoms with Gasteiger partial charge in [0.15, 0.2) is 0 Å². The Morgan fingerprint density at radius 3 is 2.44 bits per heavy atom. The number of aliphatic carboxylic acids is 1. The van der Waals surface area contributed by atoms with Gasteiger partial charge in [0, 0.05) is 25.9 Å². The zero-order valence-electron chi connectivity index (χ0n) is 10.6. The van der Waals surface area contributed by atoms with Crippen LogP contribution in [0.4, 0.5) is 4.79 Å². The number of hydrogen-bond acceptors (Lipinski definition) is 3. The predicted octanol–water partition coefficient (Wildman–Crippen LogP) is 0.0520. The van der Waals surface area contributed by atoms with Crippen molar-refractivity contribution in [1.29, 1.82) is 0 Å². The lowest BCUT2D eigenvalue weighted by molar-refractivity contribution is -0.137. The molecule has 0 aromatic heterocycles.